The number of nitrogens with one attached hydrogen (secondary N) is 1. The normalized spacial score (nSPS) is 13.7. The Morgan fingerprint density at radius 1 is 1.20 bits per heavy atom. The van der Waals surface area contributed by atoms with Gasteiger partial charge in [0.2, 0.25) is 0 Å². The van der Waals surface area contributed by atoms with Crippen molar-refractivity contribution >= 4 is 23.3 Å². The molecular formula is C17H23N3O5. The lowest BCUT2D eigenvalue weighted by molar-refractivity contribution is -0.384. The first-order valence-corrected chi connectivity index (χ1v) is 8.52. The van der Waals surface area contributed by atoms with E-state index >= 15 is 0 Å². The van der Waals surface area contributed by atoms with Gasteiger partial charge in [-0.25, -0.2) is 0 Å². The molecule has 8 heteroatoms. The number of carbonyl (C=O) groups is 2. The zero-order valence-electron chi connectivity index (χ0n) is 14.1. The number of hydrogen-bond acceptors (Lipinski definition) is 5. The van der Waals surface area contributed by atoms with Crippen molar-refractivity contribution in [2.24, 2.45) is 0 Å². The van der Waals surface area contributed by atoms with E-state index in [2.05, 4.69) is 5.32 Å². The van der Waals surface area contributed by atoms with Crippen molar-refractivity contribution in [2.45, 2.75) is 38.5 Å². The molecule has 2 N–H and O–H groups in total. The second-order valence-corrected chi connectivity index (χ2v) is 6.12. The van der Waals surface area contributed by atoms with Gasteiger partial charge in [0, 0.05) is 37.7 Å². The molecule has 0 radical (unpaired) electrons. The minimum Gasteiger partial charge on any atom is -0.481 e. The highest BCUT2D eigenvalue weighted by molar-refractivity contribution is 5.95. The third-order valence-electron chi connectivity index (χ3n) is 4.23. The van der Waals surface area contributed by atoms with Gasteiger partial charge in [0.15, 0.2) is 0 Å². The largest absolute Gasteiger partial charge is 0.481 e. The maximum Gasteiger partial charge on any atom is 0.303 e. The zero-order chi connectivity index (χ0) is 18.2. The molecule has 8 nitrogen and oxygen atoms in total. The summed E-state index contributed by atoms with van der Waals surface area (Å²) in [5.74, 6) is -1.18. The summed E-state index contributed by atoms with van der Waals surface area (Å²) in [6.07, 6.45) is 4.11. The lowest BCUT2D eigenvalue weighted by Gasteiger charge is -2.17. The number of carboxylic acids is 1. The maximum atomic E-state index is 12.2. The highest BCUT2D eigenvalue weighted by Gasteiger charge is 2.23. The Hall–Kier alpha value is -2.64. The van der Waals surface area contributed by atoms with Gasteiger partial charge in [0.05, 0.1) is 4.92 Å². The van der Waals surface area contributed by atoms with Crippen LogP contribution in [0.2, 0.25) is 0 Å². The van der Waals surface area contributed by atoms with Crippen LogP contribution in [0.4, 0.5) is 11.4 Å². The Kier molecular flexibility index (Phi) is 6.73. The first kappa shape index (κ1) is 18.7. The SMILES string of the molecule is O=C(O)CCCCCNC(=O)c1ccc(N2CCCC2)c([N+](=O)[O-])c1. The lowest BCUT2D eigenvalue weighted by atomic mass is 10.1. The first-order valence-electron chi connectivity index (χ1n) is 8.52. The van der Waals surface area contributed by atoms with E-state index in [4.69, 9.17) is 5.11 Å². The summed E-state index contributed by atoms with van der Waals surface area (Å²) in [6.45, 7) is 2.01. The Balaban J connectivity index is 1.92. The standard InChI is InChI=1S/C17H23N3O5/c21-16(22)6-2-1-3-9-18-17(23)13-7-8-14(15(12-13)20(24)25)19-10-4-5-11-19/h7-8,12H,1-6,9-11H2,(H,18,23)(H,21,22). The van der Waals surface area contributed by atoms with E-state index in [1.807, 2.05) is 4.90 Å². The molecule has 0 aromatic heterocycles. The van der Waals surface area contributed by atoms with Crippen molar-refractivity contribution < 1.29 is 19.6 Å². The number of anilines is 1. The lowest BCUT2D eigenvalue weighted by Crippen LogP contribution is -2.25. The van der Waals surface area contributed by atoms with Crippen LogP contribution in [-0.2, 0) is 4.79 Å². The number of benzene rings is 1. The monoisotopic (exact) mass is 349 g/mol. The molecule has 1 fully saturated rings. The molecule has 1 aromatic rings. The number of unbranched alkanes of at least 4 members (excludes halogenated alkanes) is 2. The minimum atomic E-state index is -0.825. The van der Waals surface area contributed by atoms with Crippen LogP contribution in [0.5, 0.6) is 0 Å². The molecule has 2 rings (SSSR count). The fraction of sp³-hybridized carbons (Fsp3) is 0.529. The molecule has 1 aromatic carbocycles. The van der Waals surface area contributed by atoms with Gasteiger partial charge in [0.25, 0.3) is 11.6 Å². The number of nitrogens with zero attached hydrogens (tertiary/aromatic N) is 2. The van der Waals surface area contributed by atoms with E-state index in [-0.39, 0.29) is 23.6 Å². The fourth-order valence-electron chi connectivity index (χ4n) is 2.92. The van der Waals surface area contributed by atoms with Gasteiger partial charge in [-0.1, -0.05) is 6.42 Å². The fourth-order valence-corrected chi connectivity index (χ4v) is 2.92. The van der Waals surface area contributed by atoms with Gasteiger partial charge in [-0.15, -0.1) is 0 Å². The molecule has 1 amide bonds. The average molecular weight is 349 g/mol. The molecule has 0 unspecified atom stereocenters. The maximum absolute atomic E-state index is 12.2. The van der Waals surface area contributed by atoms with Crippen molar-refractivity contribution in [3.8, 4) is 0 Å². The van der Waals surface area contributed by atoms with Crippen LogP contribution in [-0.4, -0.2) is 41.5 Å². The van der Waals surface area contributed by atoms with Crippen molar-refractivity contribution in [3.05, 3.63) is 33.9 Å². The molecule has 0 spiro atoms. The molecule has 1 saturated heterocycles. The molecule has 1 aliphatic rings. The number of aliphatic carboxylic acids is 1. The van der Waals surface area contributed by atoms with Gasteiger partial charge in [0.1, 0.15) is 5.69 Å². The topological polar surface area (TPSA) is 113 Å². The summed E-state index contributed by atoms with van der Waals surface area (Å²) < 4.78 is 0. The minimum absolute atomic E-state index is 0.0454. The van der Waals surface area contributed by atoms with E-state index < -0.39 is 10.9 Å². The summed E-state index contributed by atoms with van der Waals surface area (Å²) in [4.78, 5) is 35.4. The molecule has 0 bridgehead atoms. The van der Waals surface area contributed by atoms with Crippen LogP contribution in [0, 0.1) is 10.1 Å². The zero-order valence-corrected chi connectivity index (χ0v) is 14.1. The Morgan fingerprint density at radius 3 is 2.56 bits per heavy atom. The van der Waals surface area contributed by atoms with E-state index in [0.29, 0.717) is 31.5 Å². The third-order valence-corrected chi connectivity index (χ3v) is 4.23. The summed E-state index contributed by atoms with van der Waals surface area (Å²) in [6, 6.07) is 4.58. The molecule has 25 heavy (non-hydrogen) atoms. The first-order chi connectivity index (χ1) is 12.0. The van der Waals surface area contributed by atoms with Crippen LogP contribution in [0.15, 0.2) is 18.2 Å². The predicted octanol–water partition coefficient (Wildman–Crippen LogP) is 2.57. The number of hydrogen-bond donors (Lipinski definition) is 2. The molecule has 1 heterocycles. The third kappa shape index (κ3) is 5.44. The average Bonchev–Trinajstić information content (AvgIpc) is 3.11. The van der Waals surface area contributed by atoms with Crippen molar-refractivity contribution in [2.75, 3.05) is 24.5 Å². The van der Waals surface area contributed by atoms with E-state index in [0.717, 1.165) is 25.9 Å². The quantitative estimate of drug-likeness (QED) is 0.402. The van der Waals surface area contributed by atoms with E-state index in [1.54, 1.807) is 12.1 Å². The van der Waals surface area contributed by atoms with Gasteiger partial charge < -0.3 is 15.3 Å². The van der Waals surface area contributed by atoms with Gasteiger partial charge in [-0.05, 0) is 37.8 Å². The number of carbonyl (C=O) groups excluding carboxylic acids is 1. The van der Waals surface area contributed by atoms with Gasteiger partial charge >= 0.3 is 5.97 Å². The Morgan fingerprint density at radius 2 is 1.92 bits per heavy atom. The van der Waals surface area contributed by atoms with Crippen LogP contribution in [0.1, 0.15) is 48.9 Å². The highest BCUT2D eigenvalue weighted by atomic mass is 16.6. The summed E-state index contributed by atoms with van der Waals surface area (Å²) in [5.41, 5.74) is 0.781. The highest BCUT2D eigenvalue weighted by Crippen LogP contribution is 2.31. The van der Waals surface area contributed by atoms with Crippen LogP contribution in [0.3, 0.4) is 0 Å². The van der Waals surface area contributed by atoms with Crippen LogP contribution >= 0.6 is 0 Å². The van der Waals surface area contributed by atoms with Gasteiger partial charge in [-0.2, -0.15) is 0 Å². The van der Waals surface area contributed by atoms with Crippen LogP contribution in [0.25, 0.3) is 0 Å². The Labute approximate surface area is 146 Å². The summed E-state index contributed by atoms with van der Waals surface area (Å²) in [7, 11) is 0. The second-order valence-electron chi connectivity index (χ2n) is 6.12. The van der Waals surface area contributed by atoms with Crippen molar-refractivity contribution in [1.29, 1.82) is 0 Å². The number of rotatable bonds is 9. The van der Waals surface area contributed by atoms with Gasteiger partial charge in [-0.3, -0.25) is 19.7 Å². The smallest absolute Gasteiger partial charge is 0.303 e. The van der Waals surface area contributed by atoms with E-state index in [1.165, 1.54) is 6.07 Å². The molecular weight excluding hydrogens is 326 g/mol. The second kappa shape index (κ2) is 9.00. The van der Waals surface area contributed by atoms with E-state index in [9.17, 15) is 19.7 Å². The predicted molar refractivity (Wildman–Crippen MR) is 93.0 cm³/mol. The molecule has 0 atom stereocenters. The molecule has 136 valence electrons. The molecule has 0 aliphatic carbocycles. The van der Waals surface area contributed by atoms with Crippen LogP contribution < -0.4 is 10.2 Å². The molecule has 0 saturated carbocycles. The number of amides is 1. The Bertz CT molecular complexity index is 641. The number of nitro groups is 1. The van der Waals surface area contributed by atoms with Crippen molar-refractivity contribution in [1.82, 2.24) is 5.32 Å². The summed E-state index contributed by atoms with van der Waals surface area (Å²) >= 11 is 0. The number of nitro benzene ring substituents is 1. The number of carboxylic acid groups (broad SMARTS) is 1. The summed E-state index contributed by atoms with van der Waals surface area (Å²) in [5, 5.41) is 22.6. The van der Waals surface area contributed by atoms with Crippen molar-refractivity contribution in [3.63, 3.8) is 0 Å². The molecule has 1 aliphatic heterocycles.